The van der Waals surface area contributed by atoms with Crippen molar-refractivity contribution in [2.45, 2.75) is 12.1 Å². The number of ether oxygens (including phenoxy) is 2. The van der Waals surface area contributed by atoms with E-state index in [-0.39, 0.29) is 11.7 Å². The summed E-state index contributed by atoms with van der Waals surface area (Å²) in [6, 6.07) is 13.3. The van der Waals surface area contributed by atoms with E-state index in [0.717, 1.165) is 16.8 Å². The first-order chi connectivity index (χ1) is 13.5. The van der Waals surface area contributed by atoms with Crippen LogP contribution in [0.1, 0.15) is 5.56 Å². The molecule has 0 unspecified atom stereocenters. The van der Waals surface area contributed by atoms with E-state index in [4.69, 9.17) is 9.47 Å². The zero-order valence-corrected chi connectivity index (χ0v) is 17.0. The molecule has 3 aromatic rings. The molecule has 0 bridgehead atoms. The number of thioether (sulfide) groups is 1. The Balaban J connectivity index is 1.67. The Morgan fingerprint density at radius 2 is 1.79 bits per heavy atom. The number of carbonyl (C=O) groups is 1. The highest BCUT2D eigenvalue weighted by Crippen LogP contribution is 2.32. The van der Waals surface area contributed by atoms with Crippen LogP contribution >= 0.6 is 11.8 Å². The van der Waals surface area contributed by atoms with Gasteiger partial charge in [0.05, 0.1) is 20.0 Å². The third-order valence-electron chi connectivity index (χ3n) is 4.14. The molecule has 1 N–H and O–H groups in total. The van der Waals surface area contributed by atoms with Crippen LogP contribution in [0.4, 0.5) is 5.69 Å². The van der Waals surface area contributed by atoms with Crippen molar-refractivity contribution in [3.05, 3.63) is 48.0 Å². The molecule has 1 amide bonds. The van der Waals surface area contributed by atoms with E-state index in [1.807, 2.05) is 61.0 Å². The van der Waals surface area contributed by atoms with Gasteiger partial charge in [-0.2, -0.15) is 0 Å². The van der Waals surface area contributed by atoms with Crippen molar-refractivity contribution in [3.63, 3.8) is 0 Å². The van der Waals surface area contributed by atoms with Gasteiger partial charge in [0.1, 0.15) is 0 Å². The van der Waals surface area contributed by atoms with E-state index in [1.54, 1.807) is 14.2 Å². The van der Waals surface area contributed by atoms with Gasteiger partial charge in [0, 0.05) is 18.3 Å². The van der Waals surface area contributed by atoms with E-state index in [9.17, 15) is 4.79 Å². The molecule has 0 saturated carbocycles. The quantitative estimate of drug-likeness (QED) is 0.614. The lowest BCUT2D eigenvalue weighted by molar-refractivity contribution is -0.113. The smallest absolute Gasteiger partial charge is 0.234 e. The largest absolute Gasteiger partial charge is 0.493 e. The highest BCUT2D eigenvalue weighted by Gasteiger charge is 2.15. The lowest BCUT2D eigenvalue weighted by atomic mass is 10.2. The summed E-state index contributed by atoms with van der Waals surface area (Å²) < 4.78 is 12.5. The van der Waals surface area contributed by atoms with Crippen molar-refractivity contribution in [1.29, 1.82) is 0 Å². The van der Waals surface area contributed by atoms with Gasteiger partial charge in [-0.3, -0.25) is 4.79 Å². The van der Waals surface area contributed by atoms with Crippen LogP contribution in [0.25, 0.3) is 11.4 Å². The summed E-state index contributed by atoms with van der Waals surface area (Å²) in [4.78, 5) is 12.2. The number of hydrogen-bond donors (Lipinski definition) is 1. The highest BCUT2D eigenvalue weighted by atomic mass is 32.2. The second kappa shape index (κ2) is 8.79. The summed E-state index contributed by atoms with van der Waals surface area (Å²) in [6.45, 7) is 2.01. The van der Waals surface area contributed by atoms with Crippen LogP contribution in [0.2, 0.25) is 0 Å². The van der Waals surface area contributed by atoms with Crippen LogP contribution in [-0.2, 0) is 11.8 Å². The van der Waals surface area contributed by atoms with Gasteiger partial charge in [-0.1, -0.05) is 29.5 Å². The lowest BCUT2D eigenvalue weighted by Crippen LogP contribution is -2.14. The SMILES string of the molecule is COc1ccc(-c2nnc(SCC(=O)Nc3ccc(C)cc3)n2C)cc1OC. The van der Waals surface area contributed by atoms with Gasteiger partial charge >= 0.3 is 0 Å². The maximum Gasteiger partial charge on any atom is 0.234 e. The number of hydrogen-bond acceptors (Lipinski definition) is 6. The van der Waals surface area contributed by atoms with E-state index in [1.165, 1.54) is 11.8 Å². The van der Waals surface area contributed by atoms with E-state index in [2.05, 4.69) is 15.5 Å². The molecule has 0 radical (unpaired) electrons. The van der Waals surface area contributed by atoms with Crippen molar-refractivity contribution in [2.24, 2.45) is 7.05 Å². The minimum absolute atomic E-state index is 0.0930. The molecule has 0 fully saturated rings. The minimum atomic E-state index is -0.0930. The third kappa shape index (κ3) is 4.45. The molecule has 0 spiro atoms. The average Bonchev–Trinajstić information content (AvgIpc) is 3.08. The van der Waals surface area contributed by atoms with E-state index >= 15 is 0 Å². The first-order valence-corrected chi connectivity index (χ1v) is 9.61. The van der Waals surface area contributed by atoms with Gasteiger partial charge in [0.15, 0.2) is 22.5 Å². The number of methoxy groups -OCH3 is 2. The summed E-state index contributed by atoms with van der Waals surface area (Å²) in [7, 11) is 5.05. The standard InChI is InChI=1S/C20H22N4O3S/c1-13-5-8-15(9-6-13)21-18(25)12-28-20-23-22-19(24(20)2)14-7-10-16(26-3)17(11-14)27-4/h5-11H,12H2,1-4H3,(H,21,25). The number of nitrogens with zero attached hydrogens (tertiary/aromatic N) is 3. The minimum Gasteiger partial charge on any atom is -0.493 e. The average molecular weight is 398 g/mol. The number of rotatable bonds is 7. The van der Waals surface area contributed by atoms with Gasteiger partial charge < -0.3 is 19.4 Å². The number of aryl methyl sites for hydroxylation is 1. The van der Waals surface area contributed by atoms with Crippen molar-refractivity contribution < 1.29 is 14.3 Å². The van der Waals surface area contributed by atoms with Crippen LogP contribution in [0, 0.1) is 6.92 Å². The van der Waals surface area contributed by atoms with Crippen LogP contribution in [0.5, 0.6) is 11.5 Å². The molecular weight excluding hydrogens is 376 g/mol. The molecule has 28 heavy (non-hydrogen) atoms. The lowest BCUT2D eigenvalue weighted by Gasteiger charge is -2.09. The Labute approximate surface area is 168 Å². The Hall–Kier alpha value is -3.00. The van der Waals surface area contributed by atoms with Gasteiger partial charge in [-0.15, -0.1) is 10.2 Å². The molecule has 8 heteroatoms. The maximum atomic E-state index is 12.2. The normalized spacial score (nSPS) is 10.6. The van der Waals surface area contributed by atoms with Gasteiger partial charge in [-0.05, 0) is 37.3 Å². The summed E-state index contributed by atoms with van der Waals surface area (Å²) in [5.41, 5.74) is 2.78. The molecule has 0 aliphatic rings. The molecule has 7 nitrogen and oxygen atoms in total. The predicted molar refractivity (Wildman–Crippen MR) is 110 cm³/mol. The van der Waals surface area contributed by atoms with Crippen LogP contribution in [0.15, 0.2) is 47.6 Å². The van der Waals surface area contributed by atoms with Gasteiger partial charge in [0.2, 0.25) is 5.91 Å². The Morgan fingerprint density at radius 1 is 1.07 bits per heavy atom. The zero-order chi connectivity index (χ0) is 20.1. The maximum absolute atomic E-state index is 12.2. The predicted octanol–water partition coefficient (Wildman–Crippen LogP) is 3.54. The van der Waals surface area contributed by atoms with Crippen molar-refractivity contribution >= 4 is 23.4 Å². The molecule has 2 aromatic carbocycles. The zero-order valence-electron chi connectivity index (χ0n) is 16.2. The fraction of sp³-hybridized carbons (Fsp3) is 0.250. The second-order valence-electron chi connectivity index (χ2n) is 6.14. The highest BCUT2D eigenvalue weighted by molar-refractivity contribution is 7.99. The van der Waals surface area contributed by atoms with Crippen LogP contribution < -0.4 is 14.8 Å². The second-order valence-corrected chi connectivity index (χ2v) is 7.08. The summed E-state index contributed by atoms with van der Waals surface area (Å²) in [5, 5.41) is 12.0. The van der Waals surface area contributed by atoms with Crippen molar-refractivity contribution in [3.8, 4) is 22.9 Å². The summed E-state index contributed by atoms with van der Waals surface area (Å²) in [6.07, 6.45) is 0. The molecule has 146 valence electrons. The molecule has 1 heterocycles. The van der Waals surface area contributed by atoms with Gasteiger partial charge in [0.25, 0.3) is 0 Å². The third-order valence-corrected chi connectivity index (χ3v) is 5.16. The fourth-order valence-electron chi connectivity index (χ4n) is 2.63. The van der Waals surface area contributed by atoms with Crippen LogP contribution in [-0.4, -0.2) is 40.6 Å². The molecule has 0 saturated heterocycles. The Morgan fingerprint density at radius 3 is 2.46 bits per heavy atom. The van der Waals surface area contributed by atoms with Crippen molar-refractivity contribution in [1.82, 2.24) is 14.8 Å². The number of benzene rings is 2. The van der Waals surface area contributed by atoms with E-state index in [0.29, 0.717) is 22.5 Å². The summed E-state index contributed by atoms with van der Waals surface area (Å²) in [5.74, 6) is 2.10. The molecule has 0 aliphatic heterocycles. The first kappa shape index (κ1) is 19.8. The van der Waals surface area contributed by atoms with Crippen LogP contribution in [0.3, 0.4) is 0 Å². The molecule has 3 rings (SSSR count). The number of anilines is 1. The number of nitrogens with one attached hydrogen (secondary N) is 1. The summed E-state index contributed by atoms with van der Waals surface area (Å²) >= 11 is 1.33. The molecule has 0 aliphatic carbocycles. The number of amides is 1. The number of aromatic nitrogens is 3. The monoisotopic (exact) mass is 398 g/mol. The Kier molecular flexibility index (Phi) is 6.20. The molecule has 0 atom stereocenters. The fourth-order valence-corrected chi connectivity index (χ4v) is 3.34. The molecular formula is C20H22N4O3S. The van der Waals surface area contributed by atoms with E-state index < -0.39 is 0 Å². The Bertz CT molecular complexity index is 970. The first-order valence-electron chi connectivity index (χ1n) is 8.63. The topological polar surface area (TPSA) is 78.3 Å². The van der Waals surface area contributed by atoms with Gasteiger partial charge in [-0.25, -0.2) is 0 Å². The van der Waals surface area contributed by atoms with Crippen molar-refractivity contribution in [2.75, 3.05) is 25.3 Å². The number of carbonyl (C=O) groups excluding carboxylic acids is 1. The molecule has 1 aromatic heterocycles.